The first-order valence-corrected chi connectivity index (χ1v) is 9.29. The number of hydrogen-bond acceptors (Lipinski definition) is 5. The van der Waals surface area contributed by atoms with Crippen molar-refractivity contribution >= 4 is 11.5 Å². The molecule has 0 saturated carbocycles. The predicted molar refractivity (Wildman–Crippen MR) is 104 cm³/mol. The van der Waals surface area contributed by atoms with Crippen molar-refractivity contribution in [3.05, 3.63) is 63.7 Å². The molecule has 2 aromatic rings. The average Bonchev–Trinajstić information content (AvgIpc) is 2.67. The number of carbonyl (C=O) groups excluding carboxylic acids is 1. The van der Waals surface area contributed by atoms with Gasteiger partial charge in [0.1, 0.15) is 0 Å². The van der Waals surface area contributed by atoms with E-state index in [-0.39, 0.29) is 11.3 Å². The summed E-state index contributed by atoms with van der Waals surface area (Å²) in [5.74, 6) is -1.15. The third-order valence-electron chi connectivity index (χ3n) is 4.33. The van der Waals surface area contributed by atoms with Crippen LogP contribution in [0.25, 0.3) is 0 Å². The second-order valence-electron chi connectivity index (χ2n) is 6.38. The molecule has 0 aliphatic carbocycles. The summed E-state index contributed by atoms with van der Waals surface area (Å²) in [6.07, 6.45) is 6.44. The Morgan fingerprint density at radius 3 is 2.37 bits per heavy atom. The van der Waals surface area contributed by atoms with Gasteiger partial charge in [-0.15, -0.1) is 0 Å². The monoisotopic (exact) mass is 371 g/mol. The van der Waals surface area contributed by atoms with Gasteiger partial charge in [-0.25, -0.2) is 0 Å². The predicted octanol–water partition coefficient (Wildman–Crippen LogP) is 5.27. The highest BCUT2D eigenvalue weighted by atomic mass is 16.6. The highest BCUT2D eigenvalue weighted by Crippen LogP contribution is 2.39. The molecule has 0 aliphatic rings. The fraction of sp³-hybridized carbons (Fsp3) is 0.381. The van der Waals surface area contributed by atoms with E-state index < -0.39 is 22.1 Å². The Balaban J connectivity index is 2.10. The van der Waals surface area contributed by atoms with Gasteiger partial charge in [-0.05, 0) is 18.6 Å². The Kier molecular flexibility index (Phi) is 7.79. The molecule has 6 nitrogen and oxygen atoms in total. The van der Waals surface area contributed by atoms with Crippen LogP contribution in [0.15, 0.2) is 42.5 Å². The maximum Gasteiger partial charge on any atom is 0.352 e. The van der Waals surface area contributed by atoms with E-state index in [1.807, 2.05) is 0 Å². The van der Waals surface area contributed by atoms with E-state index in [1.54, 1.807) is 30.3 Å². The van der Waals surface area contributed by atoms with Gasteiger partial charge in [0.05, 0.1) is 17.1 Å². The molecule has 144 valence electrons. The van der Waals surface area contributed by atoms with Gasteiger partial charge in [0, 0.05) is 5.56 Å². The number of phenols is 1. The Morgan fingerprint density at radius 2 is 1.70 bits per heavy atom. The Labute approximate surface area is 158 Å². The van der Waals surface area contributed by atoms with E-state index in [9.17, 15) is 20.0 Å². The number of ether oxygens (including phenoxy) is 1. The molecule has 0 aliphatic heterocycles. The molecule has 6 heteroatoms. The van der Waals surface area contributed by atoms with Crippen LogP contribution in [0.5, 0.6) is 11.5 Å². The number of ketones is 1. The van der Waals surface area contributed by atoms with Crippen LogP contribution in [-0.2, 0) is 0 Å². The van der Waals surface area contributed by atoms with E-state index >= 15 is 0 Å². The molecule has 2 aromatic carbocycles. The Hall–Kier alpha value is -2.89. The SMILES string of the molecule is CCCCCCCCOc1ccc(C(=O)c2ccccc2)c(O)c1[N+](=O)[O-]. The largest absolute Gasteiger partial charge is 0.501 e. The number of phenolic OH excluding ortho intramolecular Hbond substituents is 1. The molecule has 0 amide bonds. The second-order valence-corrected chi connectivity index (χ2v) is 6.38. The number of unbranched alkanes of at least 4 members (excludes halogenated alkanes) is 5. The van der Waals surface area contributed by atoms with Gasteiger partial charge in [0.15, 0.2) is 5.78 Å². The van der Waals surface area contributed by atoms with Gasteiger partial charge in [-0.2, -0.15) is 0 Å². The molecule has 0 spiro atoms. The second kappa shape index (κ2) is 10.3. The normalized spacial score (nSPS) is 10.6. The Morgan fingerprint density at radius 1 is 1.04 bits per heavy atom. The number of benzene rings is 2. The zero-order valence-corrected chi connectivity index (χ0v) is 15.5. The molecule has 0 bridgehead atoms. The van der Waals surface area contributed by atoms with Crippen LogP contribution in [0.2, 0.25) is 0 Å². The van der Waals surface area contributed by atoms with Gasteiger partial charge in [0.2, 0.25) is 11.5 Å². The van der Waals surface area contributed by atoms with Gasteiger partial charge >= 0.3 is 5.69 Å². The summed E-state index contributed by atoms with van der Waals surface area (Å²) in [5.41, 5.74) is -0.328. The number of nitrogens with zero attached hydrogens (tertiary/aromatic N) is 1. The molecular weight excluding hydrogens is 346 g/mol. The first kappa shape index (κ1) is 20.4. The highest BCUT2D eigenvalue weighted by molar-refractivity contribution is 6.11. The lowest BCUT2D eigenvalue weighted by molar-refractivity contribution is -0.386. The number of nitro benzene ring substituents is 1. The van der Waals surface area contributed by atoms with Gasteiger partial charge < -0.3 is 9.84 Å². The minimum Gasteiger partial charge on any atom is -0.501 e. The smallest absolute Gasteiger partial charge is 0.352 e. The molecule has 27 heavy (non-hydrogen) atoms. The van der Waals surface area contributed by atoms with Crippen molar-refractivity contribution in [3.8, 4) is 11.5 Å². The highest BCUT2D eigenvalue weighted by Gasteiger charge is 2.27. The summed E-state index contributed by atoms with van der Waals surface area (Å²) in [5, 5.41) is 21.7. The number of rotatable bonds is 11. The van der Waals surface area contributed by atoms with Crippen LogP contribution in [0, 0.1) is 10.1 Å². The summed E-state index contributed by atoms with van der Waals surface area (Å²) in [4.78, 5) is 23.2. The van der Waals surface area contributed by atoms with E-state index in [0.717, 1.165) is 19.3 Å². The summed E-state index contributed by atoms with van der Waals surface area (Å²) in [6, 6.07) is 11.1. The van der Waals surface area contributed by atoms with Crippen molar-refractivity contribution < 1.29 is 19.6 Å². The van der Waals surface area contributed by atoms with Crippen molar-refractivity contribution in [2.24, 2.45) is 0 Å². The molecule has 0 unspecified atom stereocenters. The van der Waals surface area contributed by atoms with Gasteiger partial charge in [-0.3, -0.25) is 14.9 Å². The van der Waals surface area contributed by atoms with Crippen LogP contribution in [-0.4, -0.2) is 22.4 Å². The molecular formula is C21H25NO5. The van der Waals surface area contributed by atoms with E-state index in [2.05, 4.69) is 6.92 Å². The number of aromatic hydroxyl groups is 1. The lowest BCUT2D eigenvalue weighted by atomic mass is 10.0. The van der Waals surface area contributed by atoms with Crippen molar-refractivity contribution in [1.29, 1.82) is 0 Å². The minimum atomic E-state index is -0.715. The first-order chi connectivity index (χ1) is 13.1. The Bertz CT molecular complexity index is 774. The quantitative estimate of drug-likeness (QED) is 0.251. The molecule has 0 aromatic heterocycles. The standard InChI is InChI=1S/C21H25NO5/c1-2-3-4-5-6-10-15-27-18-14-13-17(21(24)19(18)22(25)26)20(23)16-11-8-7-9-12-16/h7-9,11-14,24H,2-6,10,15H2,1H3. The van der Waals surface area contributed by atoms with E-state index in [0.29, 0.717) is 12.2 Å². The summed E-state index contributed by atoms with van der Waals surface area (Å²) in [6.45, 7) is 2.49. The molecule has 0 fully saturated rings. The fourth-order valence-corrected chi connectivity index (χ4v) is 2.85. The fourth-order valence-electron chi connectivity index (χ4n) is 2.85. The maximum absolute atomic E-state index is 12.5. The van der Waals surface area contributed by atoms with Crippen molar-refractivity contribution in [1.82, 2.24) is 0 Å². The van der Waals surface area contributed by atoms with Crippen LogP contribution < -0.4 is 4.74 Å². The lowest BCUT2D eigenvalue weighted by Gasteiger charge is -2.10. The van der Waals surface area contributed by atoms with Gasteiger partial charge in [0.25, 0.3) is 0 Å². The summed E-state index contributed by atoms with van der Waals surface area (Å²) < 4.78 is 5.51. The summed E-state index contributed by atoms with van der Waals surface area (Å²) >= 11 is 0. The molecule has 0 saturated heterocycles. The first-order valence-electron chi connectivity index (χ1n) is 9.29. The molecule has 0 radical (unpaired) electrons. The molecule has 0 heterocycles. The van der Waals surface area contributed by atoms with Crippen molar-refractivity contribution in [2.45, 2.75) is 45.4 Å². The molecule has 2 rings (SSSR count). The van der Waals surface area contributed by atoms with E-state index in [1.165, 1.54) is 31.4 Å². The van der Waals surface area contributed by atoms with Crippen molar-refractivity contribution in [2.75, 3.05) is 6.61 Å². The number of hydrogen-bond donors (Lipinski definition) is 1. The zero-order valence-electron chi connectivity index (χ0n) is 15.5. The third kappa shape index (κ3) is 5.54. The van der Waals surface area contributed by atoms with Crippen LogP contribution in [0.3, 0.4) is 0 Å². The summed E-state index contributed by atoms with van der Waals surface area (Å²) in [7, 11) is 0. The van der Waals surface area contributed by atoms with Gasteiger partial charge in [-0.1, -0.05) is 69.4 Å². The number of nitro groups is 1. The van der Waals surface area contributed by atoms with Crippen LogP contribution >= 0.6 is 0 Å². The third-order valence-corrected chi connectivity index (χ3v) is 4.33. The average molecular weight is 371 g/mol. The van der Waals surface area contributed by atoms with Crippen molar-refractivity contribution in [3.63, 3.8) is 0 Å². The topological polar surface area (TPSA) is 89.7 Å². The van der Waals surface area contributed by atoms with Crippen LogP contribution in [0.1, 0.15) is 61.4 Å². The maximum atomic E-state index is 12.5. The minimum absolute atomic E-state index is 0.0179. The van der Waals surface area contributed by atoms with E-state index in [4.69, 9.17) is 4.74 Å². The number of carbonyl (C=O) groups is 1. The van der Waals surface area contributed by atoms with Crippen LogP contribution in [0.4, 0.5) is 5.69 Å². The zero-order chi connectivity index (χ0) is 19.6. The molecule has 0 atom stereocenters. The lowest BCUT2D eigenvalue weighted by Crippen LogP contribution is -2.06. The molecule has 1 N–H and O–H groups in total.